The number of thioether (sulfide) groups is 1. The van der Waals surface area contributed by atoms with E-state index < -0.39 is 17.7 Å². The van der Waals surface area contributed by atoms with Crippen LogP contribution in [0.2, 0.25) is 5.02 Å². The van der Waals surface area contributed by atoms with Crippen molar-refractivity contribution in [2.75, 3.05) is 11.5 Å². The van der Waals surface area contributed by atoms with Gasteiger partial charge in [0.05, 0.1) is 23.9 Å². The molecule has 6 rings (SSSR count). The molecule has 43 heavy (non-hydrogen) atoms. The molecule has 0 spiro atoms. The van der Waals surface area contributed by atoms with Crippen molar-refractivity contribution in [2.45, 2.75) is 36.9 Å². The van der Waals surface area contributed by atoms with Gasteiger partial charge in [0.1, 0.15) is 17.1 Å². The van der Waals surface area contributed by atoms with Gasteiger partial charge in [-0.1, -0.05) is 65.0 Å². The highest BCUT2D eigenvalue weighted by atomic mass is 35.5. The summed E-state index contributed by atoms with van der Waals surface area (Å²) in [6.45, 7) is 6.11. The zero-order valence-electron chi connectivity index (χ0n) is 23.4. The number of fused-ring (bicyclic) bond motifs is 1. The van der Waals surface area contributed by atoms with Crippen molar-refractivity contribution in [2.24, 2.45) is 0 Å². The Morgan fingerprint density at radius 3 is 2.51 bits per heavy atom. The number of carbonyl (C=O) groups excluding carboxylic acids is 2. The number of ketones is 1. The normalized spacial score (nSPS) is 16.4. The average Bonchev–Trinajstić information content (AvgIpc) is 3.68. The number of imidazole rings is 1. The van der Waals surface area contributed by atoms with E-state index in [4.69, 9.17) is 16.3 Å². The van der Waals surface area contributed by atoms with Gasteiger partial charge in [0.25, 0.3) is 5.78 Å². The number of aromatic nitrogens is 4. The third-order valence-corrected chi connectivity index (χ3v) is 9.52. The van der Waals surface area contributed by atoms with Crippen molar-refractivity contribution < 1.29 is 19.4 Å². The van der Waals surface area contributed by atoms with E-state index in [2.05, 4.69) is 15.2 Å². The number of aliphatic hydroxyl groups excluding tert-OH is 1. The van der Waals surface area contributed by atoms with Crippen LogP contribution in [0.3, 0.4) is 0 Å². The molecule has 12 heteroatoms. The second-order valence-corrected chi connectivity index (χ2v) is 12.5. The molecule has 0 saturated carbocycles. The first-order valence-electron chi connectivity index (χ1n) is 13.5. The van der Waals surface area contributed by atoms with Crippen molar-refractivity contribution >= 4 is 62.9 Å². The van der Waals surface area contributed by atoms with E-state index in [1.54, 1.807) is 24.3 Å². The van der Waals surface area contributed by atoms with E-state index in [-0.39, 0.29) is 22.2 Å². The van der Waals surface area contributed by atoms with Crippen molar-refractivity contribution in [1.82, 2.24) is 19.6 Å². The number of hydrogen-bond acceptors (Lipinski definition) is 9. The summed E-state index contributed by atoms with van der Waals surface area (Å²) < 4.78 is 8.08. The number of aliphatic hydroxyl groups is 1. The van der Waals surface area contributed by atoms with Crippen LogP contribution in [0.1, 0.15) is 41.0 Å². The molecule has 0 aliphatic carbocycles. The SMILES string of the molecule is CCOc1ccc(C2C(=C(O)c3nc4c(C)cccn4c3C)C(=O)C(=O)N2c2nnc(SCc3ccc(Cl)cc3)s2)cc1. The molecule has 4 heterocycles. The standard InChI is InChI=1S/C31H26ClN5O4S2/c1-4-41-22-13-9-20(10-14-22)25-23(26(38)24-18(3)36-15-5-6-17(2)28(36)33-24)27(39)29(40)37(25)30-34-35-31(43-30)42-16-19-7-11-21(32)12-8-19/h5-15,25,38H,4,16H2,1-3H3. The highest BCUT2D eigenvalue weighted by Crippen LogP contribution is 2.44. The molecule has 1 aliphatic rings. The molecule has 0 radical (unpaired) electrons. The Kier molecular flexibility index (Phi) is 7.95. The van der Waals surface area contributed by atoms with Crippen LogP contribution in [-0.2, 0) is 15.3 Å². The summed E-state index contributed by atoms with van der Waals surface area (Å²) in [5, 5.41) is 21.2. The van der Waals surface area contributed by atoms with E-state index in [1.165, 1.54) is 28.0 Å². The Hall–Kier alpha value is -4.19. The lowest BCUT2D eigenvalue weighted by Gasteiger charge is -2.22. The van der Waals surface area contributed by atoms with Gasteiger partial charge in [-0.15, -0.1) is 10.2 Å². The molecule has 218 valence electrons. The monoisotopic (exact) mass is 631 g/mol. The quantitative estimate of drug-likeness (QED) is 0.0657. The third-order valence-electron chi connectivity index (χ3n) is 7.14. The maximum atomic E-state index is 13.7. The van der Waals surface area contributed by atoms with Gasteiger partial charge in [-0.05, 0) is 67.8 Å². The fraction of sp³-hybridized carbons (Fsp3) is 0.194. The summed E-state index contributed by atoms with van der Waals surface area (Å²) in [5.41, 5.74) is 4.03. The highest BCUT2D eigenvalue weighted by molar-refractivity contribution is 8.00. The minimum atomic E-state index is -0.956. The number of nitrogens with zero attached hydrogens (tertiary/aromatic N) is 5. The molecule has 1 saturated heterocycles. The van der Waals surface area contributed by atoms with Gasteiger partial charge >= 0.3 is 5.91 Å². The second-order valence-electron chi connectivity index (χ2n) is 9.87. The van der Waals surface area contributed by atoms with Crippen LogP contribution < -0.4 is 9.64 Å². The number of pyridine rings is 1. The van der Waals surface area contributed by atoms with Gasteiger partial charge in [-0.2, -0.15) is 0 Å². The summed E-state index contributed by atoms with van der Waals surface area (Å²) in [5.74, 6) is -0.702. The molecule has 5 aromatic rings. The predicted octanol–water partition coefficient (Wildman–Crippen LogP) is 6.77. The topological polar surface area (TPSA) is 110 Å². The first-order chi connectivity index (χ1) is 20.8. The smallest absolute Gasteiger partial charge is 0.301 e. The second kappa shape index (κ2) is 11.8. The number of Topliss-reactive ketones (excluding diaryl/α,β-unsaturated/α-hetero) is 1. The summed E-state index contributed by atoms with van der Waals surface area (Å²) in [6.07, 6.45) is 1.84. The van der Waals surface area contributed by atoms with E-state index in [0.717, 1.165) is 11.1 Å². The Labute approximate surface area is 260 Å². The highest BCUT2D eigenvalue weighted by Gasteiger charge is 2.49. The fourth-order valence-corrected chi connectivity index (χ4v) is 6.97. The van der Waals surface area contributed by atoms with Gasteiger partial charge in [0.15, 0.2) is 10.1 Å². The predicted molar refractivity (Wildman–Crippen MR) is 168 cm³/mol. The van der Waals surface area contributed by atoms with E-state index in [9.17, 15) is 14.7 Å². The minimum absolute atomic E-state index is 0.0658. The van der Waals surface area contributed by atoms with Crippen molar-refractivity contribution in [3.63, 3.8) is 0 Å². The Bertz CT molecular complexity index is 1880. The molecule has 1 N–H and O–H groups in total. The van der Waals surface area contributed by atoms with Crippen LogP contribution >= 0.6 is 34.7 Å². The molecule has 1 aliphatic heterocycles. The number of anilines is 1. The molecule has 0 bridgehead atoms. The van der Waals surface area contributed by atoms with Crippen molar-refractivity contribution in [3.8, 4) is 5.75 Å². The molecular weight excluding hydrogens is 606 g/mol. The number of rotatable bonds is 8. The molecule has 1 fully saturated rings. The van der Waals surface area contributed by atoms with Crippen LogP contribution in [0, 0.1) is 13.8 Å². The van der Waals surface area contributed by atoms with Crippen molar-refractivity contribution in [1.29, 1.82) is 0 Å². The van der Waals surface area contributed by atoms with Gasteiger partial charge in [-0.25, -0.2) is 4.98 Å². The number of carbonyl (C=O) groups is 2. The molecule has 2 aromatic carbocycles. The number of benzene rings is 2. The van der Waals surface area contributed by atoms with E-state index >= 15 is 0 Å². The van der Waals surface area contributed by atoms with Crippen molar-refractivity contribution in [3.05, 3.63) is 106 Å². The van der Waals surface area contributed by atoms with Crippen LogP contribution in [0.4, 0.5) is 5.13 Å². The zero-order valence-corrected chi connectivity index (χ0v) is 25.8. The number of amides is 1. The lowest BCUT2D eigenvalue weighted by Crippen LogP contribution is -2.29. The molecular formula is C31H26ClN5O4S2. The van der Waals surface area contributed by atoms with Gasteiger partial charge in [0, 0.05) is 17.0 Å². The lowest BCUT2D eigenvalue weighted by atomic mass is 9.96. The molecule has 1 atom stereocenters. The van der Waals surface area contributed by atoms with Crippen LogP contribution in [0.25, 0.3) is 11.4 Å². The largest absolute Gasteiger partial charge is 0.505 e. The van der Waals surface area contributed by atoms with E-state index in [1.807, 2.05) is 67.8 Å². The summed E-state index contributed by atoms with van der Waals surface area (Å²) in [7, 11) is 0. The Morgan fingerprint density at radius 2 is 1.81 bits per heavy atom. The molecule has 3 aromatic heterocycles. The summed E-state index contributed by atoms with van der Waals surface area (Å²) in [4.78, 5) is 33.3. The number of hydrogen-bond donors (Lipinski definition) is 1. The number of halogens is 1. The zero-order chi connectivity index (χ0) is 30.2. The Morgan fingerprint density at radius 1 is 1.07 bits per heavy atom. The van der Waals surface area contributed by atoms with Gasteiger partial charge < -0.3 is 14.2 Å². The number of aryl methyl sites for hydroxylation is 2. The first-order valence-corrected chi connectivity index (χ1v) is 15.6. The Balaban J connectivity index is 1.43. The maximum absolute atomic E-state index is 13.7. The lowest BCUT2D eigenvalue weighted by molar-refractivity contribution is -0.132. The average molecular weight is 632 g/mol. The van der Waals surface area contributed by atoms with E-state index in [0.29, 0.717) is 44.4 Å². The first kappa shape index (κ1) is 28.9. The third kappa shape index (κ3) is 5.39. The van der Waals surface area contributed by atoms with Crippen LogP contribution in [0.15, 0.2) is 76.8 Å². The summed E-state index contributed by atoms with van der Waals surface area (Å²) >= 11 is 8.67. The van der Waals surface area contributed by atoms with Gasteiger partial charge in [-0.3, -0.25) is 14.5 Å². The minimum Gasteiger partial charge on any atom is -0.505 e. The van der Waals surface area contributed by atoms with Crippen LogP contribution in [0.5, 0.6) is 5.75 Å². The van der Waals surface area contributed by atoms with Crippen LogP contribution in [-0.4, -0.2) is 43.0 Å². The summed E-state index contributed by atoms with van der Waals surface area (Å²) in [6, 6.07) is 17.5. The fourth-order valence-electron chi connectivity index (χ4n) is 5.02. The maximum Gasteiger partial charge on any atom is 0.301 e. The van der Waals surface area contributed by atoms with Gasteiger partial charge in [0.2, 0.25) is 5.13 Å². The molecule has 1 amide bonds. The number of ether oxygens (including phenoxy) is 1. The molecule has 9 nitrogen and oxygen atoms in total. The molecule has 1 unspecified atom stereocenters.